The van der Waals surface area contributed by atoms with E-state index in [0.717, 1.165) is 39.0 Å². The lowest BCUT2D eigenvalue weighted by atomic mass is 9.73. The van der Waals surface area contributed by atoms with Crippen molar-refractivity contribution in [3.05, 3.63) is 0 Å². The lowest BCUT2D eigenvalue weighted by Gasteiger charge is -2.39. The molecule has 2 saturated heterocycles. The van der Waals surface area contributed by atoms with Crippen molar-refractivity contribution in [3.8, 4) is 0 Å². The second-order valence-electron chi connectivity index (χ2n) is 7.89. The maximum atomic E-state index is 12.6. The minimum Gasteiger partial charge on any atom is -0.481 e. The Labute approximate surface area is 149 Å². The maximum Gasteiger partial charge on any atom is 0.308 e. The van der Waals surface area contributed by atoms with Gasteiger partial charge in [0, 0.05) is 25.8 Å². The van der Waals surface area contributed by atoms with Crippen LogP contribution < -0.4 is 21.5 Å². The molecule has 0 radical (unpaired) electrons. The van der Waals surface area contributed by atoms with E-state index >= 15 is 0 Å². The summed E-state index contributed by atoms with van der Waals surface area (Å²) in [5.74, 6) is -0.595. The van der Waals surface area contributed by atoms with Gasteiger partial charge in [0.2, 0.25) is 5.91 Å². The van der Waals surface area contributed by atoms with Gasteiger partial charge in [-0.25, -0.2) is 10.9 Å². The van der Waals surface area contributed by atoms with Crippen molar-refractivity contribution in [1.29, 1.82) is 0 Å². The highest BCUT2D eigenvalue weighted by atomic mass is 16.4. The number of rotatable bonds is 4. The van der Waals surface area contributed by atoms with Gasteiger partial charge in [0.25, 0.3) is 0 Å². The first-order valence-electron chi connectivity index (χ1n) is 9.44. The molecule has 25 heavy (non-hydrogen) atoms. The van der Waals surface area contributed by atoms with E-state index in [2.05, 4.69) is 40.2 Å². The van der Waals surface area contributed by atoms with E-state index in [9.17, 15) is 14.7 Å². The molecule has 6 atom stereocenters. The zero-order valence-electron chi connectivity index (χ0n) is 15.1. The monoisotopic (exact) mass is 353 g/mol. The molecule has 1 amide bonds. The first-order chi connectivity index (χ1) is 12.0. The third kappa shape index (κ3) is 4.31. The van der Waals surface area contributed by atoms with Crippen LogP contribution in [0.15, 0.2) is 0 Å². The quantitative estimate of drug-likeness (QED) is 0.472. The average molecular weight is 353 g/mol. The SMILES string of the molecule is CC1CC(NC(=O)C2CCC(N3CCNC3)NN2)C(C(=O)O)CC1C. The zero-order valence-corrected chi connectivity index (χ0v) is 15.1. The fourth-order valence-electron chi connectivity index (χ4n) is 4.24. The molecule has 8 heteroatoms. The summed E-state index contributed by atoms with van der Waals surface area (Å²) in [6.07, 6.45) is 3.23. The zero-order chi connectivity index (χ0) is 18.0. The van der Waals surface area contributed by atoms with Crippen LogP contribution in [0.1, 0.15) is 39.5 Å². The van der Waals surface area contributed by atoms with Crippen LogP contribution in [0.5, 0.6) is 0 Å². The second-order valence-corrected chi connectivity index (χ2v) is 7.89. The highest BCUT2D eigenvalue weighted by Crippen LogP contribution is 2.34. The summed E-state index contributed by atoms with van der Waals surface area (Å²) in [6.45, 7) is 7.11. The molecule has 0 bridgehead atoms. The van der Waals surface area contributed by atoms with Gasteiger partial charge in [-0.1, -0.05) is 13.8 Å². The van der Waals surface area contributed by atoms with Crippen LogP contribution >= 0.6 is 0 Å². The van der Waals surface area contributed by atoms with Gasteiger partial charge < -0.3 is 15.7 Å². The number of hydrogen-bond donors (Lipinski definition) is 5. The molecular formula is C17H31N5O3. The minimum atomic E-state index is -0.805. The van der Waals surface area contributed by atoms with Crippen LogP contribution in [0.4, 0.5) is 0 Å². The molecule has 3 fully saturated rings. The predicted octanol–water partition coefficient (Wildman–Crippen LogP) is -0.317. The van der Waals surface area contributed by atoms with Gasteiger partial charge in [-0.2, -0.15) is 0 Å². The lowest BCUT2D eigenvalue weighted by molar-refractivity contribution is -0.145. The Kier molecular flexibility index (Phi) is 5.93. The second kappa shape index (κ2) is 7.99. The van der Waals surface area contributed by atoms with E-state index in [0.29, 0.717) is 18.3 Å². The molecule has 6 unspecified atom stereocenters. The van der Waals surface area contributed by atoms with Gasteiger partial charge in [-0.15, -0.1) is 0 Å². The highest BCUT2D eigenvalue weighted by Gasteiger charge is 2.39. The van der Waals surface area contributed by atoms with E-state index in [1.165, 1.54) is 0 Å². The first-order valence-corrected chi connectivity index (χ1v) is 9.44. The number of nitrogens with zero attached hydrogens (tertiary/aromatic N) is 1. The summed E-state index contributed by atoms with van der Waals surface area (Å²) in [5.41, 5.74) is 6.36. The van der Waals surface area contributed by atoms with Gasteiger partial charge in [-0.3, -0.25) is 14.5 Å². The Balaban J connectivity index is 1.52. The summed E-state index contributed by atoms with van der Waals surface area (Å²) in [7, 11) is 0. The predicted molar refractivity (Wildman–Crippen MR) is 93.3 cm³/mol. The molecule has 1 saturated carbocycles. The number of carbonyl (C=O) groups excluding carboxylic acids is 1. The summed E-state index contributed by atoms with van der Waals surface area (Å²) in [5, 5.41) is 15.8. The van der Waals surface area contributed by atoms with Crippen molar-refractivity contribution in [1.82, 2.24) is 26.4 Å². The summed E-state index contributed by atoms with van der Waals surface area (Å²) < 4.78 is 0. The number of nitrogens with one attached hydrogen (secondary N) is 4. The number of carbonyl (C=O) groups is 2. The van der Waals surface area contributed by atoms with Gasteiger partial charge in [0.1, 0.15) is 6.04 Å². The molecular weight excluding hydrogens is 322 g/mol. The van der Waals surface area contributed by atoms with Crippen molar-refractivity contribution < 1.29 is 14.7 Å². The molecule has 0 aromatic carbocycles. The third-order valence-corrected chi connectivity index (χ3v) is 6.15. The molecule has 8 nitrogen and oxygen atoms in total. The summed E-state index contributed by atoms with van der Waals surface area (Å²) in [4.78, 5) is 26.5. The number of aliphatic carboxylic acids is 1. The van der Waals surface area contributed by atoms with E-state index in [1.807, 2.05) is 0 Å². The van der Waals surface area contributed by atoms with Gasteiger partial charge in [0.05, 0.1) is 12.1 Å². The standard InChI is InChI=1S/C17H31N5O3/c1-10-7-12(17(24)25)14(8-11(10)2)19-16(23)13-3-4-15(21-20-13)22-6-5-18-9-22/h10-15,18,20-21H,3-9H2,1-2H3,(H,19,23)(H,24,25). The lowest BCUT2D eigenvalue weighted by Crippen LogP contribution is -2.63. The average Bonchev–Trinajstić information content (AvgIpc) is 3.12. The van der Waals surface area contributed by atoms with Crippen molar-refractivity contribution in [2.45, 2.75) is 57.8 Å². The number of carboxylic acids is 1. The largest absolute Gasteiger partial charge is 0.481 e. The van der Waals surface area contributed by atoms with Crippen LogP contribution in [0.3, 0.4) is 0 Å². The molecule has 0 aromatic rings. The first kappa shape index (κ1) is 18.6. The Morgan fingerprint density at radius 2 is 1.88 bits per heavy atom. The molecule has 0 spiro atoms. The molecule has 3 aliphatic rings. The summed E-state index contributed by atoms with van der Waals surface area (Å²) >= 11 is 0. The fraction of sp³-hybridized carbons (Fsp3) is 0.882. The Bertz CT molecular complexity index is 489. The Hall–Kier alpha value is -1.22. The van der Waals surface area contributed by atoms with Crippen molar-refractivity contribution in [2.24, 2.45) is 17.8 Å². The number of hydrogen-bond acceptors (Lipinski definition) is 6. The van der Waals surface area contributed by atoms with Crippen LogP contribution in [0.2, 0.25) is 0 Å². The van der Waals surface area contributed by atoms with Gasteiger partial charge in [-0.05, 0) is 37.5 Å². The van der Waals surface area contributed by atoms with E-state index < -0.39 is 11.9 Å². The number of hydrazine groups is 1. The normalized spacial score (nSPS) is 39.9. The molecule has 3 rings (SSSR count). The summed E-state index contributed by atoms with van der Waals surface area (Å²) in [6, 6.07) is -0.589. The highest BCUT2D eigenvalue weighted by molar-refractivity contribution is 5.83. The molecule has 5 N–H and O–H groups in total. The molecule has 2 aliphatic heterocycles. The molecule has 142 valence electrons. The Morgan fingerprint density at radius 1 is 1.12 bits per heavy atom. The van der Waals surface area contributed by atoms with E-state index in [4.69, 9.17) is 0 Å². The van der Waals surface area contributed by atoms with Crippen molar-refractivity contribution >= 4 is 11.9 Å². The van der Waals surface area contributed by atoms with Gasteiger partial charge >= 0.3 is 5.97 Å². The van der Waals surface area contributed by atoms with Crippen LogP contribution in [0, 0.1) is 17.8 Å². The topological polar surface area (TPSA) is 106 Å². The van der Waals surface area contributed by atoms with Gasteiger partial charge in [0.15, 0.2) is 0 Å². The van der Waals surface area contributed by atoms with Crippen molar-refractivity contribution in [2.75, 3.05) is 19.8 Å². The smallest absolute Gasteiger partial charge is 0.308 e. The maximum absolute atomic E-state index is 12.6. The van der Waals surface area contributed by atoms with Crippen LogP contribution in [0.25, 0.3) is 0 Å². The number of carboxylic acid groups (broad SMARTS) is 1. The molecule has 2 heterocycles. The van der Waals surface area contributed by atoms with Crippen LogP contribution in [-0.2, 0) is 9.59 Å². The van der Waals surface area contributed by atoms with Crippen molar-refractivity contribution in [3.63, 3.8) is 0 Å². The van der Waals surface area contributed by atoms with Crippen LogP contribution in [-0.4, -0.2) is 59.9 Å². The van der Waals surface area contributed by atoms with E-state index in [-0.39, 0.29) is 24.2 Å². The number of amides is 1. The third-order valence-electron chi connectivity index (χ3n) is 6.15. The molecule has 1 aliphatic carbocycles. The Morgan fingerprint density at radius 3 is 2.48 bits per heavy atom. The molecule has 0 aromatic heterocycles. The van der Waals surface area contributed by atoms with E-state index in [1.54, 1.807) is 0 Å². The minimum absolute atomic E-state index is 0.0940. The fourth-order valence-corrected chi connectivity index (χ4v) is 4.24.